The van der Waals surface area contributed by atoms with E-state index in [0.717, 1.165) is 16.5 Å². The number of hydrogen-bond acceptors (Lipinski definition) is 3. The molecule has 2 aromatic rings. The first-order valence-corrected chi connectivity index (χ1v) is 5.12. The van der Waals surface area contributed by atoms with Gasteiger partial charge in [0.25, 0.3) is 0 Å². The third kappa shape index (κ3) is 1.48. The molecule has 0 saturated carbocycles. The standard InChI is InChI=1S/C13H14O3/c1-13(2,12(14)15-3)10-8-16-11-7-5-4-6-9(10)11/h4-8H,1-3H3. The maximum Gasteiger partial charge on any atom is 0.315 e. The lowest BCUT2D eigenvalue weighted by Gasteiger charge is -2.20. The monoisotopic (exact) mass is 218 g/mol. The number of hydrogen-bond donors (Lipinski definition) is 0. The van der Waals surface area contributed by atoms with E-state index in [2.05, 4.69) is 0 Å². The first-order chi connectivity index (χ1) is 7.57. The molecule has 0 saturated heterocycles. The van der Waals surface area contributed by atoms with Crippen molar-refractivity contribution in [3.8, 4) is 0 Å². The largest absolute Gasteiger partial charge is 0.468 e. The normalized spacial score (nSPS) is 11.7. The summed E-state index contributed by atoms with van der Waals surface area (Å²) >= 11 is 0. The molecule has 0 radical (unpaired) electrons. The molecular weight excluding hydrogens is 204 g/mol. The van der Waals surface area contributed by atoms with Gasteiger partial charge in [-0.05, 0) is 19.9 Å². The summed E-state index contributed by atoms with van der Waals surface area (Å²) in [6, 6.07) is 7.65. The van der Waals surface area contributed by atoms with Crippen LogP contribution in [0.3, 0.4) is 0 Å². The number of carbonyl (C=O) groups excluding carboxylic acids is 1. The van der Waals surface area contributed by atoms with Crippen molar-refractivity contribution in [2.75, 3.05) is 7.11 Å². The second-order valence-electron chi connectivity index (χ2n) is 4.26. The number of para-hydroxylation sites is 1. The number of methoxy groups -OCH3 is 1. The number of carbonyl (C=O) groups is 1. The summed E-state index contributed by atoms with van der Waals surface area (Å²) in [5.74, 6) is -0.265. The molecule has 0 amide bonds. The van der Waals surface area contributed by atoms with Crippen molar-refractivity contribution in [2.24, 2.45) is 0 Å². The Morgan fingerprint density at radius 2 is 2.00 bits per heavy atom. The van der Waals surface area contributed by atoms with Crippen molar-refractivity contribution in [1.29, 1.82) is 0 Å². The van der Waals surface area contributed by atoms with Crippen LogP contribution in [0.5, 0.6) is 0 Å². The van der Waals surface area contributed by atoms with Gasteiger partial charge >= 0.3 is 5.97 Å². The third-order valence-corrected chi connectivity index (χ3v) is 2.85. The van der Waals surface area contributed by atoms with Gasteiger partial charge in [0.1, 0.15) is 5.58 Å². The lowest BCUT2D eigenvalue weighted by Crippen LogP contribution is -2.29. The lowest BCUT2D eigenvalue weighted by atomic mass is 9.84. The zero-order valence-corrected chi connectivity index (χ0v) is 9.61. The minimum Gasteiger partial charge on any atom is -0.468 e. The quantitative estimate of drug-likeness (QED) is 0.727. The van der Waals surface area contributed by atoms with Gasteiger partial charge in [-0.25, -0.2) is 0 Å². The van der Waals surface area contributed by atoms with Crippen LogP contribution in [0.1, 0.15) is 19.4 Å². The summed E-state index contributed by atoms with van der Waals surface area (Å²) < 4.78 is 10.2. The van der Waals surface area contributed by atoms with Crippen molar-refractivity contribution in [1.82, 2.24) is 0 Å². The van der Waals surface area contributed by atoms with E-state index in [9.17, 15) is 4.79 Å². The Balaban J connectivity index is 2.59. The van der Waals surface area contributed by atoms with Crippen molar-refractivity contribution in [3.05, 3.63) is 36.1 Å². The number of fused-ring (bicyclic) bond motifs is 1. The fourth-order valence-electron chi connectivity index (χ4n) is 1.83. The molecular formula is C13H14O3. The third-order valence-electron chi connectivity index (χ3n) is 2.85. The van der Waals surface area contributed by atoms with Crippen LogP contribution in [0.2, 0.25) is 0 Å². The van der Waals surface area contributed by atoms with Gasteiger partial charge in [-0.1, -0.05) is 18.2 Å². The molecule has 0 unspecified atom stereocenters. The van der Waals surface area contributed by atoms with Crippen molar-refractivity contribution in [2.45, 2.75) is 19.3 Å². The van der Waals surface area contributed by atoms with Gasteiger partial charge in [-0.3, -0.25) is 4.79 Å². The van der Waals surface area contributed by atoms with Gasteiger partial charge in [0.15, 0.2) is 0 Å². The van der Waals surface area contributed by atoms with E-state index < -0.39 is 5.41 Å². The van der Waals surface area contributed by atoms with Crippen LogP contribution < -0.4 is 0 Å². The van der Waals surface area contributed by atoms with E-state index in [1.807, 2.05) is 38.1 Å². The Labute approximate surface area is 94.0 Å². The van der Waals surface area contributed by atoms with Crippen LogP contribution in [0.25, 0.3) is 11.0 Å². The molecule has 84 valence electrons. The SMILES string of the molecule is COC(=O)C(C)(C)c1coc2ccccc12. The molecule has 0 aliphatic rings. The molecule has 0 bridgehead atoms. The molecule has 1 heterocycles. The topological polar surface area (TPSA) is 39.4 Å². The first kappa shape index (κ1) is 10.7. The lowest BCUT2D eigenvalue weighted by molar-refractivity contribution is -0.146. The van der Waals surface area contributed by atoms with Gasteiger partial charge in [0.05, 0.1) is 18.8 Å². The van der Waals surface area contributed by atoms with E-state index in [4.69, 9.17) is 9.15 Å². The van der Waals surface area contributed by atoms with Crippen molar-refractivity contribution >= 4 is 16.9 Å². The highest BCUT2D eigenvalue weighted by molar-refractivity contribution is 5.91. The molecule has 0 N–H and O–H groups in total. The van der Waals surface area contributed by atoms with Crippen molar-refractivity contribution < 1.29 is 13.9 Å². The van der Waals surface area contributed by atoms with E-state index in [1.54, 1.807) is 6.26 Å². The zero-order valence-electron chi connectivity index (χ0n) is 9.61. The molecule has 0 aliphatic heterocycles. The van der Waals surface area contributed by atoms with E-state index in [-0.39, 0.29) is 5.97 Å². The minimum atomic E-state index is -0.693. The summed E-state index contributed by atoms with van der Waals surface area (Å²) in [6.45, 7) is 3.66. The molecule has 3 nitrogen and oxygen atoms in total. The van der Waals surface area contributed by atoms with Crippen LogP contribution in [-0.2, 0) is 14.9 Å². The molecule has 0 fully saturated rings. The van der Waals surface area contributed by atoms with Gasteiger partial charge < -0.3 is 9.15 Å². The summed E-state index contributed by atoms with van der Waals surface area (Å²) in [6.07, 6.45) is 1.63. The van der Waals surface area contributed by atoms with Crippen LogP contribution in [0.15, 0.2) is 34.9 Å². The zero-order chi connectivity index (χ0) is 11.8. The number of benzene rings is 1. The number of esters is 1. The molecule has 0 spiro atoms. The van der Waals surface area contributed by atoms with Gasteiger partial charge in [-0.15, -0.1) is 0 Å². The summed E-state index contributed by atoms with van der Waals surface area (Å²) in [4.78, 5) is 11.7. The second-order valence-corrected chi connectivity index (χ2v) is 4.26. The van der Waals surface area contributed by atoms with Crippen molar-refractivity contribution in [3.63, 3.8) is 0 Å². The molecule has 1 aromatic carbocycles. The highest BCUT2D eigenvalue weighted by Crippen LogP contribution is 2.32. The predicted octanol–water partition coefficient (Wildman–Crippen LogP) is 2.88. The fourth-order valence-corrected chi connectivity index (χ4v) is 1.83. The summed E-state index contributed by atoms with van der Waals surface area (Å²) in [7, 11) is 1.40. The van der Waals surface area contributed by atoms with Gasteiger partial charge in [0.2, 0.25) is 0 Å². The van der Waals surface area contributed by atoms with E-state index in [1.165, 1.54) is 7.11 Å². The van der Waals surface area contributed by atoms with E-state index >= 15 is 0 Å². The molecule has 2 rings (SSSR count). The predicted molar refractivity (Wildman–Crippen MR) is 61.3 cm³/mol. The Kier molecular flexibility index (Phi) is 2.46. The molecule has 1 aromatic heterocycles. The highest BCUT2D eigenvalue weighted by atomic mass is 16.5. The van der Waals surface area contributed by atoms with Crippen LogP contribution in [0.4, 0.5) is 0 Å². The van der Waals surface area contributed by atoms with Crippen LogP contribution >= 0.6 is 0 Å². The maximum atomic E-state index is 11.7. The molecule has 3 heteroatoms. The maximum absolute atomic E-state index is 11.7. The fraction of sp³-hybridized carbons (Fsp3) is 0.308. The molecule has 0 aliphatic carbocycles. The second kappa shape index (κ2) is 3.67. The average molecular weight is 218 g/mol. The number of furan rings is 1. The van der Waals surface area contributed by atoms with Crippen LogP contribution in [-0.4, -0.2) is 13.1 Å². The average Bonchev–Trinajstić information content (AvgIpc) is 2.72. The Morgan fingerprint density at radius 1 is 1.31 bits per heavy atom. The Hall–Kier alpha value is -1.77. The minimum absolute atomic E-state index is 0.265. The van der Waals surface area contributed by atoms with Gasteiger partial charge in [-0.2, -0.15) is 0 Å². The number of ether oxygens (including phenoxy) is 1. The summed E-state index contributed by atoms with van der Waals surface area (Å²) in [5.41, 5.74) is 0.950. The van der Waals surface area contributed by atoms with Crippen LogP contribution in [0, 0.1) is 0 Å². The first-order valence-electron chi connectivity index (χ1n) is 5.12. The van der Waals surface area contributed by atoms with Gasteiger partial charge in [0, 0.05) is 10.9 Å². The Bertz CT molecular complexity index is 523. The summed E-state index contributed by atoms with van der Waals surface area (Å²) in [5, 5.41) is 0.956. The molecule has 16 heavy (non-hydrogen) atoms. The molecule has 0 atom stereocenters. The number of rotatable bonds is 2. The van der Waals surface area contributed by atoms with E-state index in [0.29, 0.717) is 0 Å². The Morgan fingerprint density at radius 3 is 2.69 bits per heavy atom. The smallest absolute Gasteiger partial charge is 0.315 e. The highest BCUT2D eigenvalue weighted by Gasteiger charge is 2.33.